The summed E-state index contributed by atoms with van der Waals surface area (Å²) >= 11 is 0. The van der Waals surface area contributed by atoms with Crippen molar-refractivity contribution >= 4 is 5.69 Å². The van der Waals surface area contributed by atoms with Crippen LogP contribution in [0.2, 0.25) is 0 Å². The fourth-order valence-electron chi connectivity index (χ4n) is 3.40. The van der Waals surface area contributed by atoms with Crippen molar-refractivity contribution in [3.05, 3.63) is 77.4 Å². The van der Waals surface area contributed by atoms with Crippen LogP contribution >= 0.6 is 0 Å². The Balaban J connectivity index is 1.94. The third-order valence-electron chi connectivity index (χ3n) is 4.39. The Morgan fingerprint density at radius 2 is 1.48 bits per heavy atom. The van der Waals surface area contributed by atoms with E-state index in [2.05, 4.69) is 61.5 Å². The third-order valence-corrected chi connectivity index (χ3v) is 4.39. The molecule has 0 saturated heterocycles. The molecule has 0 aliphatic heterocycles. The van der Waals surface area contributed by atoms with Gasteiger partial charge in [0.05, 0.1) is 0 Å². The molecule has 0 saturated carbocycles. The number of benzene rings is 3. The van der Waals surface area contributed by atoms with E-state index in [9.17, 15) is 0 Å². The molecule has 0 spiro atoms. The maximum atomic E-state index is 5.89. The smallest absolute Gasteiger partial charge is 0.0317 e. The lowest BCUT2D eigenvalue weighted by molar-refractivity contribution is 1.26. The third kappa shape index (κ3) is 1.85. The molecule has 0 atom stereocenters. The fraction of sp³-hybridized carbons (Fsp3) is 0.100. The number of fused-ring (bicyclic) bond motifs is 3. The molecule has 0 radical (unpaired) electrons. The van der Waals surface area contributed by atoms with Crippen molar-refractivity contribution in [2.24, 2.45) is 0 Å². The van der Waals surface area contributed by atoms with E-state index < -0.39 is 0 Å². The summed E-state index contributed by atoms with van der Waals surface area (Å²) in [6.45, 7) is 2.13. The van der Waals surface area contributed by atoms with Crippen LogP contribution in [-0.4, -0.2) is 0 Å². The van der Waals surface area contributed by atoms with Crippen LogP contribution < -0.4 is 5.73 Å². The monoisotopic (exact) mass is 271 g/mol. The summed E-state index contributed by atoms with van der Waals surface area (Å²) in [5.74, 6) is 0. The lowest BCUT2D eigenvalue weighted by atomic mass is 9.93. The van der Waals surface area contributed by atoms with E-state index in [0.29, 0.717) is 0 Å². The van der Waals surface area contributed by atoms with Crippen LogP contribution in [0.5, 0.6) is 0 Å². The van der Waals surface area contributed by atoms with E-state index in [0.717, 1.165) is 12.1 Å². The molecule has 0 fully saturated rings. The van der Waals surface area contributed by atoms with Crippen LogP contribution in [0, 0.1) is 6.92 Å². The zero-order chi connectivity index (χ0) is 14.4. The normalized spacial score (nSPS) is 12.0. The Kier molecular flexibility index (Phi) is 2.61. The molecule has 3 aromatic rings. The molecule has 0 heterocycles. The highest BCUT2D eigenvalue weighted by Crippen LogP contribution is 2.42. The van der Waals surface area contributed by atoms with E-state index in [1.807, 2.05) is 6.07 Å². The van der Waals surface area contributed by atoms with Gasteiger partial charge in [-0.2, -0.15) is 0 Å². The Bertz CT molecular complexity index is 846. The summed E-state index contributed by atoms with van der Waals surface area (Å²) in [6, 6.07) is 21.5. The maximum Gasteiger partial charge on any atom is 0.0317 e. The number of anilines is 1. The SMILES string of the molecule is Cc1cc(N)ccc1-c1cccc2c1Cc1ccccc1-2. The Morgan fingerprint density at radius 3 is 2.29 bits per heavy atom. The van der Waals surface area contributed by atoms with Gasteiger partial charge in [0.25, 0.3) is 0 Å². The Labute approximate surface area is 125 Å². The van der Waals surface area contributed by atoms with E-state index in [4.69, 9.17) is 5.73 Å². The van der Waals surface area contributed by atoms with Crippen LogP contribution in [0.3, 0.4) is 0 Å². The second-order valence-electron chi connectivity index (χ2n) is 5.74. The van der Waals surface area contributed by atoms with Gasteiger partial charge < -0.3 is 5.73 Å². The van der Waals surface area contributed by atoms with Crippen molar-refractivity contribution in [3.8, 4) is 22.3 Å². The van der Waals surface area contributed by atoms with Gasteiger partial charge in [-0.3, -0.25) is 0 Å². The molecule has 4 rings (SSSR count). The highest BCUT2D eigenvalue weighted by atomic mass is 14.5. The Morgan fingerprint density at radius 1 is 0.762 bits per heavy atom. The Hall–Kier alpha value is -2.54. The molecule has 0 amide bonds. The average Bonchev–Trinajstić information content (AvgIpc) is 2.86. The van der Waals surface area contributed by atoms with Crippen molar-refractivity contribution in [1.82, 2.24) is 0 Å². The van der Waals surface area contributed by atoms with Crippen LogP contribution in [0.4, 0.5) is 5.69 Å². The number of nitrogens with two attached hydrogens (primary N) is 1. The molecule has 21 heavy (non-hydrogen) atoms. The summed E-state index contributed by atoms with van der Waals surface area (Å²) in [6.07, 6.45) is 1.02. The molecule has 1 heteroatoms. The number of hydrogen-bond donors (Lipinski definition) is 1. The first kappa shape index (κ1) is 12.2. The highest BCUT2D eigenvalue weighted by molar-refractivity contribution is 5.85. The molecule has 3 aromatic carbocycles. The zero-order valence-electron chi connectivity index (χ0n) is 12.1. The lowest BCUT2D eigenvalue weighted by Crippen LogP contribution is -1.92. The van der Waals surface area contributed by atoms with Crippen LogP contribution in [0.15, 0.2) is 60.7 Å². The van der Waals surface area contributed by atoms with E-state index in [1.165, 1.54) is 38.9 Å². The van der Waals surface area contributed by atoms with Crippen molar-refractivity contribution < 1.29 is 0 Å². The molecule has 1 aliphatic carbocycles. The molecule has 0 aromatic heterocycles. The minimum absolute atomic E-state index is 0.826. The minimum atomic E-state index is 0.826. The molecular weight excluding hydrogens is 254 g/mol. The van der Waals surface area contributed by atoms with Gasteiger partial charge in [-0.05, 0) is 64.4 Å². The topological polar surface area (TPSA) is 26.0 Å². The van der Waals surface area contributed by atoms with Gasteiger partial charge >= 0.3 is 0 Å². The number of nitrogen functional groups attached to an aromatic ring is 1. The van der Waals surface area contributed by atoms with Gasteiger partial charge in [0.2, 0.25) is 0 Å². The lowest BCUT2D eigenvalue weighted by Gasteiger charge is -2.12. The standard InChI is InChI=1S/C20H17N/c1-13-11-15(21)9-10-16(13)18-7-4-8-19-17-6-3-2-5-14(17)12-20(18)19/h2-11H,12,21H2,1H3. The highest BCUT2D eigenvalue weighted by Gasteiger charge is 2.21. The first-order valence-corrected chi connectivity index (χ1v) is 7.31. The first-order valence-electron chi connectivity index (χ1n) is 7.31. The molecule has 1 aliphatic rings. The minimum Gasteiger partial charge on any atom is -0.399 e. The summed E-state index contributed by atoms with van der Waals surface area (Å²) in [5, 5.41) is 0. The zero-order valence-corrected chi connectivity index (χ0v) is 12.1. The van der Waals surface area contributed by atoms with E-state index >= 15 is 0 Å². The van der Waals surface area contributed by atoms with Crippen LogP contribution in [-0.2, 0) is 6.42 Å². The number of rotatable bonds is 1. The predicted molar refractivity (Wildman–Crippen MR) is 89.3 cm³/mol. The van der Waals surface area contributed by atoms with Crippen molar-refractivity contribution in [3.63, 3.8) is 0 Å². The summed E-state index contributed by atoms with van der Waals surface area (Å²) < 4.78 is 0. The van der Waals surface area contributed by atoms with Gasteiger partial charge in [0.15, 0.2) is 0 Å². The first-order chi connectivity index (χ1) is 10.2. The largest absolute Gasteiger partial charge is 0.399 e. The summed E-state index contributed by atoms with van der Waals surface area (Å²) in [5.41, 5.74) is 16.2. The van der Waals surface area contributed by atoms with Gasteiger partial charge in [0.1, 0.15) is 0 Å². The van der Waals surface area contributed by atoms with E-state index in [-0.39, 0.29) is 0 Å². The molecule has 0 unspecified atom stereocenters. The number of hydrogen-bond acceptors (Lipinski definition) is 1. The van der Waals surface area contributed by atoms with Gasteiger partial charge in [-0.1, -0.05) is 48.5 Å². The maximum absolute atomic E-state index is 5.89. The summed E-state index contributed by atoms with van der Waals surface area (Å²) in [7, 11) is 0. The molecular formula is C20H17N. The van der Waals surface area contributed by atoms with Crippen LogP contribution in [0.25, 0.3) is 22.3 Å². The van der Waals surface area contributed by atoms with Crippen molar-refractivity contribution in [1.29, 1.82) is 0 Å². The van der Waals surface area contributed by atoms with Gasteiger partial charge in [-0.25, -0.2) is 0 Å². The number of aryl methyl sites for hydroxylation is 1. The molecule has 2 N–H and O–H groups in total. The van der Waals surface area contributed by atoms with Crippen molar-refractivity contribution in [2.45, 2.75) is 13.3 Å². The molecule has 0 bridgehead atoms. The van der Waals surface area contributed by atoms with Gasteiger partial charge in [-0.15, -0.1) is 0 Å². The van der Waals surface area contributed by atoms with Gasteiger partial charge in [0, 0.05) is 5.69 Å². The van der Waals surface area contributed by atoms with Crippen LogP contribution in [0.1, 0.15) is 16.7 Å². The van der Waals surface area contributed by atoms with Crippen molar-refractivity contribution in [2.75, 3.05) is 5.73 Å². The summed E-state index contributed by atoms with van der Waals surface area (Å²) in [4.78, 5) is 0. The molecule has 102 valence electrons. The predicted octanol–water partition coefficient (Wildman–Crippen LogP) is 4.82. The van der Waals surface area contributed by atoms with E-state index in [1.54, 1.807) is 0 Å². The fourth-order valence-corrected chi connectivity index (χ4v) is 3.40. The molecule has 1 nitrogen and oxygen atoms in total. The second-order valence-corrected chi connectivity index (χ2v) is 5.74. The second kappa shape index (κ2) is 4.49. The quantitative estimate of drug-likeness (QED) is 0.494. The average molecular weight is 271 g/mol.